The molecule has 27 heavy (non-hydrogen) atoms. The smallest absolute Gasteiger partial charge is 0.187 e. The van der Waals surface area contributed by atoms with E-state index in [-0.39, 0.29) is 17.4 Å². The van der Waals surface area contributed by atoms with Gasteiger partial charge in [-0.3, -0.25) is 0 Å². The van der Waals surface area contributed by atoms with Crippen LogP contribution in [-0.4, -0.2) is 30.6 Å². The summed E-state index contributed by atoms with van der Waals surface area (Å²) in [5.74, 6) is 0. The Bertz CT molecular complexity index is 539. The molecule has 0 radical (unpaired) electrons. The molecule has 0 atom stereocenters. The Balaban J connectivity index is 0. The normalized spacial score (nSPS) is 17.9. The van der Waals surface area contributed by atoms with Crippen molar-refractivity contribution in [3.63, 3.8) is 0 Å². The maximum absolute atomic E-state index is 16.5. The van der Waals surface area contributed by atoms with Crippen molar-refractivity contribution in [1.29, 1.82) is 0 Å². The van der Waals surface area contributed by atoms with E-state index in [4.69, 9.17) is 6.64 Å². The summed E-state index contributed by atoms with van der Waals surface area (Å²) in [5, 5.41) is 0. The Morgan fingerprint density at radius 2 is 0.852 bits per heavy atom. The zero-order valence-electron chi connectivity index (χ0n) is 19.3. The second-order valence-electron chi connectivity index (χ2n) is 10.6. The van der Waals surface area contributed by atoms with Crippen molar-refractivity contribution in [1.82, 2.24) is 0 Å². The Morgan fingerprint density at radius 3 is 1.07 bits per heavy atom. The largest absolute Gasteiger partial charge is 0.187 e. The molecule has 0 spiro atoms. The molecule has 0 rings (SSSR count). The minimum Gasteiger partial charge on any atom is 0.187 e. The monoisotopic (exact) mass is 441 g/mol. The van der Waals surface area contributed by atoms with Gasteiger partial charge in [-0.05, 0) is 0 Å². The summed E-state index contributed by atoms with van der Waals surface area (Å²) in [4.78, 5) is 0. The standard InChI is InChI=1S/2C4H9O.2C4H9.3C2H5.Al.O.Ti.3H/c2*1-2-3-4-5;2*1-3-4-2;3*1-2;;;;;;/h2*2-4H2,1H3;2*1,3-4H2,2H3;3*1H2,2H3;;;;;;/q2*-1;;;;;;;;+2;;;. The average Bonchev–Trinajstić information content (AvgIpc) is 2.68. The molecule has 0 aliphatic heterocycles. The van der Waals surface area contributed by atoms with Gasteiger partial charge in [0.1, 0.15) is 0 Å². The van der Waals surface area contributed by atoms with Crippen molar-refractivity contribution in [2.45, 2.75) is 123 Å². The van der Waals surface area contributed by atoms with Gasteiger partial charge in [-0.15, -0.1) is 0 Å². The number of hydrogen-bond acceptors (Lipinski definition) is 3. The zero-order chi connectivity index (χ0) is 20.4. The van der Waals surface area contributed by atoms with Crippen LogP contribution in [0.2, 0.25) is 23.6 Å². The Kier molecular flexibility index (Phi) is 9.61. The fourth-order valence-electron chi connectivity index (χ4n) is 5.99. The summed E-state index contributed by atoms with van der Waals surface area (Å²) < 4.78 is 33.3. The third-order valence-electron chi connectivity index (χ3n) is 9.84. The van der Waals surface area contributed by atoms with Gasteiger partial charge >= 0.3 is 159 Å². The van der Waals surface area contributed by atoms with Gasteiger partial charge in [0.05, 0.1) is 0 Å². The van der Waals surface area contributed by atoms with Crippen LogP contribution < -0.4 is 0 Å². The molecule has 0 N–H and O–H groups in total. The summed E-state index contributed by atoms with van der Waals surface area (Å²) in [5.41, 5.74) is 0. The van der Waals surface area contributed by atoms with Crippen molar-refractivity contribution in [3.8, 4) is 0 Å². The molecule has 5 heteroatoms. The number of hydrogen-bond donors (Lipinski definition) is 0. The molecule has 0 saturated carbocycles. The van der Waals surface area contributed by atoms with Crippen LogP contribution in [0.4, 0.5) is 0 Å². The molecule has 0 aliphatic carbocycles. The van der Waals surface area contributed by atoms with Crippen molar-refractivity contribution < 1.29 is 22.2 Å². The summed E-state index contributed by atoms with van der Waals surface area (Å²) >= 11 is -6.41. The molecule has 0 saturated heterocycles. The molecule has 167 valence electrons. The van der Waals surface area contributed by atoms with E-state index in [0.29, 0.717) is 36.8 Å². The van der Waals surface area contributed by atoms with E-state index in [1.807, 2.05) is 0 Å². The van der Waals surface area contributed by atoms with Crippen molar-refractivity contribution in [3.05, 3.63) is 0 Å². The predicted octanol–water partition coefficient (Wildman–Crippen LogP) is 7.66. The molecule has 0 aromatic carbocycles. The van der Waals surface area contributed by atoms with Crippen molar-refractivity contribution in [2.75, 3.05) is 13.2 Å². The predicted molar refractivity (Wildman–Crippen MR) is 123 cm³/mol. The second-order valence-corrected chi connectivity index (χ2v) is 31.7. The van der Waals surface area contributed by atoms with E-state index >= 15 is 3.32 Å². The van der Waals surface area contributed by atoms with E-state index in [1.54, 1.807) is 0 Å². The molecule has 0 amide bonds. The second kappa shape index (κ2) is 8.61. The van der Waals surface area contributed by atoms with Gasteiger partial charge in [-0.1, -0.05) is 0 Å². The summed E-state index contributed by atoms with van der Waals surface area (Å²) in [6.07, 6.45) is 7.79. The fraction of sp³-hybridized carbons (Fsp3) is 1.00. The first kappa shape index (κ1) is 30.2. The molecule has 3 nitrogen and oxygen atoms in total. The van der Waals surface area contributed by atoms with E-state index < -0.39 is 12.2 Å². The van der Waals surface area contributed by atoms with Crippen LogP contribution in [0.3, 0.4) is 0 Å². The van der Waals surface area contributed by atoms with Gasteiger partial charge in [-0.2, -0.15) is 0 Å². The van der Waals surface area contributed by atoms with Gasteiger partial charge in [0.2, 0.25) is 0 Å². The maximum atomic E-state index is 16.5. The quantitative estimate of drug-likeness (QED) is 0.172. The molecule has 0 fully saturated rings. The van der Waals surface area contributed by atoms with Crippen molar-refractivity contribution >= 4 is 17.4 Å². The first-order chi connectivity index (χ1) is 12.1. The maximum Gasteiger partial charge on any atom is 0.187 e. The molecule has 0 heterocycles. The van der Waals surface area contributed by atoms with E-state index in [2.05, 4.69) is 48.5 Å². The molecule has 0 aromatic heterocycles. The Hall–Kier alpha value is 0.967. The van der Waals surface area contributed by atoms with Crippen molar-refractivity contribution in [2.24, 2.45) is 0 Å². The van der Waals surface area contributed by atoms with Gasteiger partial charge in [0.15, 0.2) is 17.4 Å². The molecule has 0 aliphatic rings. The molecule has 0 bridgehead atoms. The molecular weight excluding hydrogens is 387 g/mol. The average molecular weight is 442 g/mol. The Labute approximate surface area is 175 Å². The molecule has 0 unspecified atom stereocenters. The van der Waals surface area contributed by atoms with Gasteiger partial charge in [0.25, 0.3) is 0 Å². The third-order valence-corrected chi connectivity index (χ3v) is 35.3. The van der Waals surface area contributed by atoms with Gasteiger partial charge in [-0.25, -0.2) is 0 Å². The number of rotatable bonds is 17. The fourth-order valence-corrected chi connectivity index (χ4v) is 23.8. The van der Waals surface area contributed by atoms with Crippen LogP contribution in [0.25, 0.3) is 0 Å². The Morgan fingerprint density at radius 1 is 0.556 bits per heavy atom. The molecule has 0 aromatic rings. The summed E-state index contributed by atoms with van der Waals surface area (Å²) in [7, 11) is 0. The van der Waals surface area contributed by atoms with E-state index in [0.717, 1.165) is 51.4 Å². The van der Waals surface area contributed by atoms with Crippen LogP contribution in [0, 0.1) is 0 Å². The third kappa shape index (κ3) is 4.67. The van der Waals surface area contributed by atoms with E-state index in [9.17, 15) is 0 Å². The van der Waals surface area contributed by atoms with Crippen LogP contribution in [-0.2, 0) is 22.2 Å². The van der Waals surface area contributed by atoms with Gasteiger partial charge in [0, 0.05) is 0 Å². The zero-order valence-corrected chi connectivity index (χ0v) is 20.9. The summed E-state index contributed by atoms with van der Waals surface area (Å²) in [6, 6.07) is 0. The van der Waals surface area contributed by atoms with Crippen LogP contribution in [0.15, 0.2) is 0 Å². The summed E-state index contributed by atoms with van der Waals surface area (Å²) in [6.45, 7) is 16.1. The first-order valence-electron chi connectivity index (χ1n) is 11.9. The SMILES string of the molecule is CCCC[O][Ti](=[O])([CH2]C)([CH2]C)([CH2]C)([CH2]CCC)([CH2]CCC)[O]CCCC.[AlH3]. The molecular formula is C22H54AlO3Ti. The van der Waals surface area contributed by atoms with Crippen LogP contribution in [0.5, 0.6) is 0 Å². The topological polar surface area (TPSA) is 35.5 Å². The van der Waals surface area contributed by atoms with E-state index in [1.165, 1.54) is 0 Å². The van der Waals surface area contributed by atoms with Gasteiger partial charge < -0.3 is 0 Å². The van der Waals surface area contributed by atoms with Crippen LogP contribution in [0.1, 0.15) is 99.8 Å². The minimum absolute atomic E-state index is 0. The first-order valence-corrected chi connectivity index (χ1v) is 19.3. The van der Waals surface area contributed by atoms with Crippen LogP contribution >= 0.6 is 0 Å². The number of unbranched alkanes of at least 4 members (excludes halogenated alkanes) is 4. The minimum atomic E-state index is -6.41.